The van der Waals surface area contributed by atoms with Crippen molar-refractivity contribution in [2.45, 2.75) is 40.5 Å². The summed E-state index contributed by atoms with van der Waals surface area (Å²) in [6.45, 7) is 9.37. The molecule has 3 rings (SSSR count). The van der Waals surface area contributed by atoms with Crippen LogP contribution in [0.3, 0.4) is 0 Å². The maximum Gasteiger partial charge on any atom is 0.173 e. The van der Waals surface area contributed by atoms with Crippen molar-refractivity contribution in [3.63, 3.8) is 0 Å². The summed E-state index contributed by atoms with van der Waals surface area (Å²) in [6, 6.07) is 15.9. The Morgan fingerprint density at radius 2 is 1.81 bits per heavy atom. The van der Waals surface area contributed by atoms with E-state index in [-0.39, 0.29) is 17.3 Å². The smallest absolute Gasteiger partial charge is 0.173 e. The minimum absolute atomic E-state index is 0.00536. The lowest BCUT2D eigenvalue weighted by Crippen LogP contribution is -2.27. The largest absolute Gasteiger partial charge is 0.353 e. The number of ketones is 2. The first kappa shape index (κ1) is 22.6. The van der Waals surface area contributed by atoms with E-state index in [1.807, 2.05) is 70.2 Å². The van der Waals surface area contributed by atoms with Crippen molar-refractivity contribution in [1.29, 1.82) is 5.26 Å². The highest BCUT2D eigenvalue weighted by Gasteiger charge is 2.33. The normalized spacial score (nSPS) is 16.1. The zero-order valence-electron chi connectivity index (χ0n) is 18.5. The number of allylic oxidation sites excluding steroid dienone is 3. The molecule has 1 atom stereocenters. The van der Waals surface area contributed by atoms with Gasteiger partial charge >= 0.3 is 0 Å². The summed E-state index contributed by atoms with van der Waals surface area (Å²) < 4.78 is 0. The predicted molar refractivity (Wildman–Crippen MR) is 126 cm³/mol. The second kappa shape index (κ2) is 9.36. The molecule has 1 unspecified atom stereocenters. The van der Waals surface area contributed by atoms with Crippen molar-refractivity contribution < 1.29 is 9.59 Å². The molecule has 31 heavy (non-hydrogen) atoms. The van der Waals surface area contributed by atoms with Crippen LogP contribution in [-0.4, -0.2) is 17.3 Å². The minimum atomic E-state index is -0.442. The first-order chi connectivity index (χ1) is 14.7. The fraction of sp³-hybridized carbons (Fsp3) is 0.269. The van der Waals surface area contributed by atoms with E-state index in [9.17, 15) is 14.9 Å². The van der Waals surface area contributed by atoms with Crippen LogP contribution in [0.15, 0.2) is 64.3 Å². The lowest BCUT2D eigenvalue weighted by atomic mass is 9.80. The quantitative estimate of drug-likeness (QED) is 0.612. The molecule has 0 spiro atoms. The number of thioether (sulfide) groups is 1. The summed E-state index contributed by atoms with van der Waals surface area (Å²) in [4.78, 5) is 25.2. The highest BCUT2D eigenvalue weighted by Crippen LogP contribution is 2.41. The van der Waals surface area contributed by atoms with Crippen LogP contribution in [0.1, 0.15) is 52.4 Å². The highest BCUT2D eigenvalue weighted by atomic mass is 32.2. The van der Waals surface area contributed by atoms with Crippen molar-refractivity contribution in [3.05, 3.63) is 92.2 Å². The van der Waals surface area contributed by atoms with Gasteiger partial charge in [-0.25, -0.2) is 0 Å². The molecular weight excluding hydrogens is 404 g/mol. The average Bonchev–Trinajstić information content (AvgIpc) is 2.73. The van der Waals surface area contributed by atoms with Crippen LogP contribution < -0.4 is 5.32 Å². The van der Waals surface area contributed by atoms with E-state index in [1.165, 1.54) is 18.7 Å². The molecule has 0 aliphatic carbocycles. The average molecular weight is 431 g/mol. The molecule has 0 amide bonds. The lowest BCUT2D eigenvalue weighted by molar-refractivity contribution is -0.113. The van der Waals surface area contributed by atoms with Gasteiger partial charge in [0.15, 0.2) is 11.6 Å². The monoisotopic (exact) mass is 430 g/mol. The van der Waals surface area contributed by atoms with E-state index in [1.54, 1.807) is 0 Å². The molecular formula is C26H26N2O2S. The number of hydrogen-bond acceptors (Lipinski definition) is 5. The Kier molecular flexibility index (Phi) is 6.82. The van der Waals surface area contributed by atoms with Crippen molar-refractivity contribution >= 4 is 23.3 Å². The van der Waals surface area contributed by atoms with E-state index < -0.39 is 5.92 Å². The third kappa shape index (κ3) is 4.81. The number of nitrogens with zero attached hydrogens (tertiary/aromatic N) is 1. The van der Waals surface area contributed by atoms with Gasteiger partial charge in [0.2, 0.25) is 0 Å². The van der Waals surface area contributed by atoms with E-state index in [0.29, 0.717) is 21.7 Å². The van der Waals surface area contributed by atoms with Crippen molar-refractivity contribution in [3.8, 4) is 6.07 Å². The molecule has 2 aromatic rings. The molecule has 0 bridgehead atoms. The molecule has 0 aromatic heterocycles. The van der Waals surface area contributed by atoms with Gasteiger partial charge in [-0.3, -0.25) is 9.59 Å². The Labute approximate surface area is 188 Å². The van der Waals surface area contributed by atoms with Crippen LogP contribution in [0, 0.1) is 32.1 Å². The Hall–Kier alpha value is -3.10. The van der Waals surface area contributed by atoms with Crippen LogP contribution in [0.2, 0.25) is 0 Å². The molecule has 0 radical (unpaired) electrons. The maximum absolute atomic E-state index is 12.8. The number of hydrogen-bond donors (Lipinski definition) is 1. The summed E-state index contributed by atoms with van der Waals surface area (Å²) in [5, 5.41) is 13.9. The van der Waals surface area contributed by atoms with Crippen LogP contribution in [0.4, 0.5) is 0 Å². The molecule has 4 nitrogen and oxygen atoms in total. The van der Waals surface area contributed by atoms with Gasteiger partial charge in [-0.05, 0) is 57.4 Å². The third-order valence-electron chi connectivity index (χ3n) is 5.58. The van der Waals surface area contributed by atoms with Crippen LogP contribution in [0.5, 0.6) is 0 Å². The van der Waals surface area contributed by atoms with Crippen LogP contribution >= 0.6 is 11.8 Å². The SMILES string of the molecule is CC(=O)C1=C(C)NC(SCC(=O)c2ccc(C)c(C)c2)=C(C#N)C1c1cccc(C)c1. The number of aryl methyl sites for hydroxylation is 3. The van der Waals surface area contributed by atoms with Crippen LogP contribution in [0.25, 0.3) is 0 Å². The van der Waals surface area contributed by atoms with E-state index in [0.717, 1.165) is 28.0 Å². The molecule has 1 heterocycles. The van der Waals surface area contributed by atoms with Crippen LogP contribution in [-0.2, 0) is 4.79 Å². The molecule has 1 aliphatic heterocycles. The van der Waals surface area contributed by atoms with Gasteiger partial charge in [0.1, 0.15) is 0 Å². The summed E-state index contributed by atoms with van der Waals surface area (Å²) in [5.74, 6) is -0.299. The Balaban J connectivity index is 1.95. The second-order valence-corrected chi connectivity index (χ2v) is 8.92. The van der Waals surface area contributed by atoms with Gasteiger partial charge in [-0.15, -0.1) is 0 Å². The molecule has 0 fully saturated rings. The van der Waals surface area contributed by atoms with Gasteiger partial charge < -0.3 is 5.32 Å². The standard InChI is InChI=1S/C26H26N2O2S/c1-15-7-6-8-21(11-15)25-22(13-27)26(28-18(4)24(25)19(5)29)31-14-23(30)20-10-9-16(2)17(3)12-20/h6-12,25,28H,14H2,1-5H3. The maximum atomic E-state index is 12.8. The van der Waals surface area contributed by atoms with Crippen molar-refractivity contribution in [2.75, 3.05) is 5.75 Å². The molecule has 0 saturated carbocycles. The Morgan fingerprint density at radius 3 is 2.42 bits per heavy atom. The number of benzene rings is 2. The summed E-state index contributed by atoms with van der Waals surface area (Å²) in [5.41, 5.74) is 6.64. The second-order valence-electron chi connectivity index (χ2n) is 7.93. The Bertz CT molecular complexity index is 1170. The summed E-state index contributed by atoms with van der Waals surface area (Å²) >= 11 is 1.31. The van der Waals surface area contributed by atoms with E-state index in [2.05, 4.69) is 11.4 Å². The number of carbonyl (C=O) groups excluding carboxylic acids is 2. The first-order valence-electron chi connectivity index (χ1n) is 10.2. The van der Waals surface area contributed by atoms with E-state index in [4.69, 9.17) is 0 Å². The van der Waals surface area contributed by atoms with Crippen molar-refractivity contribution in [1.82, 2.24) is 5.32 Å². The van der Waals surface area contributed by atoms with Gasteiger partial charge in [0.25, 0.3) is 0 Å². The summed E-state index contributed by atoms with van der Waals surface area (Å²) in [7, 11) is 0. The molecule has 5 heteroatoms. The number of carbonyl (C=O) groups is 2. The van der Waals surface area contributed by atoms with Crippen molar-refractivity contribution in [2.24, 2.45) is 0 Å². The number of nitrogens with one attached hydrogen (secondary N) is 1. The number of nitriles is 1. The molecule has 0 saturated heterocycles. The van der Waals surface area contributed by atoms with Gasteiger partial charge in [-0.1, -0.05) is 53.7 Å². The lowest BCUT2D eigenvalue weighted by Gasteiger charge is -2.29. The van der Waals surface area contributed by atoms with Gasteiger partial charge in [-0.2, -0.15) is 5.26 Å². The zero-order chi connectivity index (χ0) is 22.7. The minimum Gasteiger partial charge on any atom is -0.353 e. The fourth-order valence-corrected chi connectivity index (χ4v) is 4.80. The van der Waals surface area contributed by atoms with Gasteiger partial charge in [0, 0.05) is 16.8 Å². The zero-order valence-corrected chi connectivity index (χ0v) is 19.3. The van der Waals surface area contributed by atoms with E-state index >= 15 is 0 Å². The number of Topliss-reactive ketones (excluding diaryl/α,β-unsaturated/α-hetero) is 2. The molecule has 1 aliphatic rings. The predicted octanol–water partition coefficient (Wildman–Crippen LogP) is 5.51. The molecule has 1 N–H and O–H groups in total. The molecule has 158 valence electrons. The number of rotatable bonds is 6. The first-order valence-corrected chi connectivity index (χ1v) is 11.1. The van der Waals surface area contributed by atoms with Gasteiger partial charge in [0.05, 0.1) is 28.3 Å². The molecule has 2 aromatic carbocycles. The fourth-order valence-electron chi connectivity index (χ4n) is 3.81. The topological polar surface area (TPSA) is 70.0 Å². The Morgan fingerprint density at radius 1 is 1.06 bits per heavy atom. The number of dihydropyridines is 1. The summed E-state index contributed by atoms with van der Waals surface area (Å²) in [6.07, 6.45) is 0. The highest BCUT2D eigenvalue weighted by molar-refractivity contribution is 8.03. The third-order valence-corrected chi connectivity index (χ3v) is 6.60.